The molecule has 0 aromatic heterocycles. The van der Waals surface area contributed by atoms with Crippen molar-refractivity contribution in [3.8, 4) is 0 Å². The van der Waals surface area contributed by atoms with Crippen molar-refractivity contribution in [2.45, 2.75) is 12.8 Å². The van der Waals surface area contributed by atoms with E-state index in [2.05, 4.69) is 0 Å². The summed E-state index contributed by atoms with van der Waals surface area (Å²) < 4.78 is 24.4. The fourth-order valence-corrected chi connectivity index (χ4v) is 1.56. The third-order valence-corrected chi connectivity index (χ3v) is 2.36. The molecular weight excluding hydrogens is 146 g/mol. The van der Waals surface area contributed by atoms with Gasteiger partial charge in [0.05, 0.1) is 0 Å². The molecule has 1 rings (SSSR count). The first-order valence-corrected chi connectivity index (χ1v) is 3.55. The van der Waals surface area contributed by atoms with Crippen molar-refractivity contribution in [3.05, 3.63) is 0 Å². The van der Waals surface area contributed by atoms with Gasteiger partial charge >= 0.3 is 0 Å². The minimum atomic E-state index is -2.80. The van der Waals surface area contributed by atoms with Gasteiger partial charge in [0.25, 0.3) is 5.92 Å². The molecule has 0 bridgehead atoms. The molecule has 9 heavy (non-hydrogen) atoms. The minimum Gasteiger partial charge on any atom is -0.287 e. The number of thioether (sulfide) groups is 1. The fraction of sp³-hybridized carbons (Fsp3) is 0.800. The largest absolute Gasteiger partial charge is 0.287 e. The number of carbonyl (C=O) groups is 1. The Kier molecular flexibility index (Phi) is 1.50. The summed E-state index contributed by atoms with van der Waals surface area (Å²) in [6, 6.07) is 0. The Morgan fingerprint density at radius 2 is 2.33 bits per heavy atom. The summed E-state index contributed by atoms with van der Waals surface area (Å²) >= 11 is 0.976. The van der Waals surface area contributed by atoms with Gasteiger partial charge in [0.15, 0.2) is 5.12 Å². The summed E-state index contributed by atoms with van der Waals surface area (Å²) in [5.74, 6) is -3.53. The summed E-state index contributed by atoms with van der Waals surface area (Å²) in [7, 11) is 0. The molecule has 0 aromatic carbocycles. The van der Waals surface area contributed by atoms with E-state index in [1.807, 2.05) is 0 Å². The lowest BCUT2D eigenvalue weighted by Gasteiger charge is -2.27. The highest BCUT2D eigenvalue weighted by Crippen LogP contribution is 2.38. The molecule has 0 aliphatic carbocycles. The second kappa shape index (κ2) is 1.94. The van der Waals surface area contributed by atoms with Gasteiger partial charge in [-0.2, -0.15) is 0 Å². The molecule has 4 heteroatoms. The van der Waals surface area contributed by atoms with Gasteiger partial charge in [0.1, 0.15) is 5.92 Å². The standard InChI is InChI=1S/C5H6F2OS/c1-5(6,7)3-2-9-4(3)8/h3H,2H2,1H3. The van der Waals surface area contributed by atoms with Crippen molar-refractivity contribution >= 4 is 16.9 Å². The molecule has 0 N–H and O–H groups in total. The Balaban J connectivity index is 2.54. The molecule has 1 aliphatic rings. The number of halogens is 2. The average Bonchev–Trinajstić information content (AvgIpc) is 1.57. The van der Waals surface area contributed by atoms with Crippen molar-refractivity contribution in [2.24, 2.45) is 5.92 Å². The normalized spacial score (nSPS) is 27.9. The minimum absolute atomic E-state index is 0.280. The highest BCUT2D eigenvalue weighted by molar-refractivity contribution is 8.15. The predicted molar refractivity (Wildman–Crippen MR) is 31.6 cm³/mol. The molecule has 1 aliphatic heterocycles. The first kappa shape index (κ1) is 6.99. The van der Waals surface area contributed by atoms with Crippen molar-refractivity contribution in [2.75, 3.05) is 5.75 Å². The molecular formula is C5H6F2OS. The van der Waals surface area contributed by atoms with Crippen LogP contribution in [0.15, 0.2) is 0 Å². The second-order valence-electron chi connectivity index (χ2n) is 2.14. The summed E-state index contributed by atoms with van der Waals surface area (Å²) in [6.07, 6.45) is 0. The summed E-state index contributed by atoms with van der Waals surface area (Å²) in [4.78, 5) is 10.4. The molecule has 1 fully saturated rings. The molecule has 1 atom stereocenters. The maximum Gasteiger partial charge on any atom is 0.256 e. The molecule has 1 unspecified atom stereocenters. The number of rotatable bonds is 1. The predicted octanol–water partition coefficient (Wildman–Crippen LogP) is 1.53. The topological polar surface area (TPSA) is 17.1 Å². The third-order valence-electron chi connectivity index (χ3n) is 1.29. The lowest BCUT2D eigenvalue weighted by molar-refractivity contribution is -0.126. The maximum absolute atomic E-state index is 12.2. The average molecular weight is 152 g/mol. The van der Waals surface area contributed by atoms with Crippen LogP contribution in [0.25, 0.3) is 0 Å². The van der Waals surface area contributed by atoms with Gasteiger partial charge in [-0.15, -0.1) is 0 Å². The Morgan fingerprint density at radius 3 is 2.33 bits per heavy atom. The molecule has 1 nitrogen and oxygen atoms in total. The van der Waals surface area contributed by atoms with Gasteiger partial charge in [0.2, 0.25) is 0 Å². The first-order valence-electron chi connectivity index (χ1n) is 2.56. The van der Waals surface area contributed by atoms with Gasteiger partial charge in [-0.25, -0.2) is 8.78 Å². The second-order valence-corrected chi connectivity index (χ2v) is 3.16. The van der Waals surface area contributed by atoms with Crippen LogP contribution in [0.2, 0.25) is 0 Å². The molecule has 0 aromatic rings. The van der Waals surface area contributed by atoms with Crippen LogP contribution in [-0.4, -0.2) is 16.8 Å². The van der Waals surface area contributed by atoms with Gasteiger partial charge in [-0.3, -0.25) is 4.79 Å². The van der Waals surface area contributed by atoms with Crippen LogP contribution in [0.5, 0.6) is 0 Å². The van der Waals surface area contributed by atoms with E-state index < -0.39 is 11.8 Å². The Hall–Kier alpha value is -0.120. The Bertz CT molecular complexity index is 140. The number of alkyl halides is 2. The van der Waals surface area contributed by atoms with E-state index in [9.17, 15) is 13.6 Å². The molecule has 52 valence electrons. The van der Waals surface area contributed by atoms with Crippen LogP contribution >= 0.6 is 11.8 Å². The smallest absolute Gasteiger partial charge is 0.256 e. The van der Waals surface area contributed by atoms with Crippen molar-refractivity contribution in [1.29, 1.82) is 0 Å². The van der Waals surface area contributed by atoms with E-state index in [0.29, 0.717) is 0 Å². The number of hydrogen-bond donors (Lipinski definition) is 0. The zero-order chi connectivity index (χ0) is 7.07. The highest BCUT2D eigenvalue weighted by Gasteiger charge is 2.45. The molecule has 1 heterocycles. The van der Waals surface area contributed by atoms with E-state index in [1.54, 1.807) is 0 Å². The molecule has 0 amide bonds. The third kappa shape index (κ3) is 1.23. The van der Waals surface area contributed by atoms with Crippen LogP contribution in [-0.2, 0) is 4.79 Å². The van der Waals surface area contributed by atoms with Crippen molar-refractivity contribution in [1.82, 2.24) is 0 Å². The molecule has 1 saturated heterocycles. The van der Waals surface area contributed by atoms with Gasteiger partial charge in [0, 0.05) is 12.7 Å². The van der Waals surface area contributed by atoms with Gasteiger partial charge < -0.3 is 0 Å². The van der Waals surface area contributed by atoms with E-state index in [1.165, 1.54) is 0 Å². The van der Waals surface area contributed by atoms with E-state index in [0.717, 1.165) is 18.7 Å². The maximum atomic E-state index is 12.2. The van der Waals surface area contributed by atoms with Crippen molar-refractivity contribution < 1.29 is 13.6 Å². The van der Waals surface area contributed by atoms with Crippen LogP contribution in [0.4, 0.5) is 8.78 Å². The SMILES string of the molecule is CC(F)(F)C1CSC1=O. The van der Waals surface area contributed by atoms with Crippen molar-refractivity contribution in [3.63, 3.8) is 0 Å². The van der Waals surface area contributed by atoms with E-state index in [4.69, 9.17) is 0 Å². The molecule has 0 spiro atoms. The summed E-state index contributed by atoms with van der Waals surface area (Å²) in [5.41, 5.74) is 0. The first-order chi connectivity index (χ1) is 4.02. The molecule has 0 saturated carbocycles. The van der Waals surface area contributed by atoms with Crippen LogP contribution < -0.4 is 0 Å². The van der Waals surface area contributed by atoms with Gasteiger partial charge in [-0.05, 0) is 0 Å². The summed E-state index contributed by atoms with van der Waals surface area (Å²) in [6.45, 7) is 0.787. The quantitative estimate of drug-likeness (QED) is 0.566. The summed E-state index contributed by atoms with van der Waals surface area (Å²) in [5, 5.41) is -0.373. The van der Waals surface area contributed by atoms with E-state index in [-0.39, 0.29) is 10.9 Å². The number of hydrogen-bond acceptors (Lipinski definition) is 2. The van der Waals surface area contributed by atoms with Crippen LogP contribution in [0.3, 0.4) is 0 Å². The monoisotopic (exact) mass is 152 g/mol. The lowest BCUT2D eigenvalue weighted by Crippen LogP contribution is -2.39. The Labute approximate surface area is 55.8 Å². The fourth-order valence-electron chi connectivity index (χ4n) is 0.588. The lowest BCUT2D eigenvalue weighted by atomic mass is 10.1. The zero-order valence-corrected chi connectivity index (χ0v) is 5.67. The highest BCUT2D eigenvalue weighted by atomic mass is 32.2. The van der Waals surface area contributed by atoms with Crippen LogP contribution in [0.1, 0.15) is 6.92 Å². The Morgan fingerprint density at radius 1 is 1.78 bits per heavy atom. The zero-order valence-electron chi connectivity index (χ0n) is 4.86. The van der Waals surface area contributed by atoms with Crippen LogP contribution in [0, 0.1) is 5.92 Å². The van der Waals surface area contributed by atoms with E-state index >= 15 is 0 Å². The number of carbonyl (C=O) groups excluding carboxylic acids is 1. The molecule has 0 radical (unpaired) electrons. The van der Waals surface area contributed by atoms with Gasteiger partial charge in [-0.1, -0.05) is 11.8 Å².